The molecule has 0 aliphatic carbocycles. The number of aromatic nitrogens is 1. The van der Waals surface area contributed by atoms with Gasteiger partial charge in [-0.15, -0.1) is 0 Å². The molecule has 0 aliphatic heterocycles. The van der Waals surface area contributed by atoms with Gasteiger partial charge in [0.1, 0.15) is 0 Å². The summed E-state index contributed by atoms with van der Waals surface area (Å²) in [5, 5.41) is 2.22. The molecule has 0 fully saturated rings. The van der Waals surface area contributed by atoms with Gasteiger partial charge in [-0.25, -0.2) is 9.95 Å². The first-order chi connectivity index (χ1) is 6.48. The summed E-state index contributed by atoms with van der Waals surface area (Å²) in [6.45, 7) is 0. The Bertz CT molecular complexity index is 523. The van der Waals surface area contributed by atoms with Crippen molar-refractivity contribution < 1.29 is 17.7 Å². The van der Waals surface area contributed by atoms with Gasteiger partial charge in [0, 0.05) is 0 Å². The predicted molar refractivity (Wildman–Crippen MR) is 41.8 cm³/mol. The molecule has 1 aromatic carbocycles. The number of benzene rings is 1. The lowest BCUT2D eigenvalue weighted by atomic mass is 10.1. The van der Waals surface area contributed by atoms with E-state index in [1.54, 1.807) is 0 Å². The second-order valence-electron chi connectivity index (χ2n) is 2.75. The normalized spacial score (nSPS) is 12.2. The third kappa shape index (κ3) is 1.28. The van der Waals surface area contributed by atoms with E-state index in [1.807, 2.05) is 0 Å². The molecule has 14 heavy (non-hydrogen) atoms. The van der Waals surface area contributed by atoms with E-state index >= 15 is 0 Å². The third-order valence-electron chi connectivity index (χ3n) is 1.82. The highest BCUT2D eigenvalue weighted by molar-refractivity contribution is 5.77. The molecule has 1 N–H and O–H groups in total. The molecule has 1 aromatic heterocycles. The average molecular weight is 203 g/mol. The van der Waals surface area contributed by atoms with Crippen molar-refractivity contribution in [1.82, 2.24) is 5.16 Å². The maximum Gasteiger partial charge on any atom is 0.416 e. The smallest absolute Gasteiger partial charge is 0.338 e. The molecule has 0 saturated heterocycles. The minimum atomic E-state index is -4.41. The highest BCUT2D eigenvalue weighted by Crippen LogP contribution is 2.30. The molecule has 0 saturated carbocycles. The quantitative estimate of drug-likeness (QED) is 0.712. The summed E-state index contributed by atoms with van der Waals surface area (Å²) < 4.78 is 40.9. The summed E-state index contributed by atoms with van der Waals surface area (Å²) in [4.78, 5) is 10.9. The molecular formula is C8H4F3NO2. The van der Waals surface area contributed by atoms with Crippen LogP contribution in [0.15, 0.2) is 27.5 Å². The Kier molecular flexibility index (Phi) is 1.67. The molecule has 0 radical (unpaired) electrons. The van der Waals surface area contributed by atoms with Crippen molar-refractivity contribution in [2.75, 3.05) is 0 Å². The standard InChI is InChI=1S/C8H4F3NO2/c9-8(10,11)4-1-2-5-6(3-4)12-14-7(5)13/h1-3,12H. The van der Waals surface area contributed by atoms with Crippen LogP contribution in [0.2, 0.25) is 0 Å². The highest BCUT2D eigenvalue weighted by Gasteiger charge is 2.30. The summed E-state index contributed by atoms with van der Waals surface area (Å²) in [6.07, 6.45) is -4.41. The first-order valence-corrected chi connectivity index (χ1v) is 3.67. The molecule has 0 aliphatic rings. The van der Waals surface area contributed by atoms with E-state index in [1.165, 1.54) is 0 Å². The number of aromatic amines is 1. The van der Waals surface area contributed by atoms with Crippen molar-refractivity contribution in [3.05, 3.63) is 34.2 Å². The lowest BCUT2D eigenvalue weighted by molar-refractivity contribution is -0.137. The zero-order chi connectivity index (χ0) is 10.3. The Balaban J connectivity index is 2.69. The van der Waals surface area contributed by atoms with Crippen LogP contribution in [-0.2, 0) is 6.18 Å². The van der Waals surface area contributed by atoms with Gasteiger partial charge >= 0.3 is 11.8 Å². The van der Waals surface area contributed by atoms with E-state index in [9.17, 15) is 18.0 Å². The SMILES string of the molecule is O=c1o[nH]c2cc(C(F)(F)F)ccc12. The van der Waals surface area contributed by atoms with E-state index < -0.39 is 17.4 Å². The molecule has 0 atom stereocenters. The van der Waals surface area contributed by atoms with Crippen molar-refractivity contribution in [2.24, 2.45) is 0 Å². The Morgan fingerprint density at radius 1 is 1.29 bits per heavy atom. The monoisotopic (exact) mass is 203 g/mol. The minimum Gasteiger partial charge on any atom is -0.338 e. The zero-order valence-corrected chi connectivity index (χ0v) is 6.68. The third-order valence-corrected chi connectivity index (χ3v) is 1.82. The van der Waals surface area contributed by atoms with Gasteiger partial charge < -0.3 is 4.52 Å². The largest absolute Gasteiger partial charge is 0.416 e. The number of fused-ring (bicyclic) bond motifs is 1. The number of H-pyrrole nitrogens is 1. The van der Waals surface area contributed by atoms with Crippen LogP contribution < -0.4 is 5.63 Å². The van der Waals surface area contributed by atoms with Crippen molar-refractivity contribution in [3.8, 4) is 0 Å². The van der Waals surface area contributed by atoms with Crippen LogP contribution in [0.3, 0.4) is 0 Å². The Morgan fingerprint density at radius 3 is 2.64 bits per heavy atom. The van der Waals surface area contributed by atoms with Crippen LogP contribution in [0, 0.1) is 0 Å². The van der Waals surface area contributed by atoms with Gasteiger partial charge in [-0.05, 0) is 18.2 Å². The highest BCUT2D eigenvalue weighted by atomic mass is 19.4. The van der Waals surface area contributed by atoms with E-state index in [4.69, 9.17) is 0 Å². The fourth-order valence-corrected chi connectivity index (χ4v) is 1.14. The Hall–Kier alpha value is -1.72. The van der Waals surface area contributed by atoms with E-state index in [0.717, 1.165) is 18.2 Å². The van der Waals surface area contributed by atoms with E-state index in [-0.39, 0.29) is 10.9 Å². The molecule has 0 unspecified atom stereocenters. The number of alkyl halides is 3. The van der Waals surface area contributed by atoms with Gasteiger partial charge in [0.15, 0.2) is 0 Å². The summed E-state index contributed by atoms with van der Waals surface area (Å²) in [5.74, 6) is 0. The van der Waals surface area contributed by atoms with Gasteiger partial charge in [-0.1, -0.05) is 0 Å². The van der Waals surface area contributed by atoms with Gasteiger partial charge in [0.25, 0.3) is 0 Å². The van der Waals surface area contributed by atoms with Crippen molar-refractivity contribution in [2.45, 2.75) is 6.18 Å². The van der Waals surface area contributed by atoms with Crippen LogP contribution in [0.1, 0.15) is 5.56 Å². The molecule has 3 nitrogen and oxygen atoms in total. The topological polar surface area (TPSA) is 46.0 Å². The first-order valence-electron chi connectivity index (χ1n) is 3.67. The van der Waals surface area contributed by atoms with Crippen LogP contribution in [-0.4, -0.2) is 5.16 Å². The van der Waals surface area contributed by atoms with Crippen molar-refractivity contribution in [3.63, 3.8) is 0 Å². The summed E-state index contributed by atoms with van der Waals surface area (Å²) in [5.41, 5.74) is -1.44. The fourth-order valence-electron chi connectivity index (χ4n) is 1.14. The number of hydrogen-bond donors (Lipinski definition) is 1. The lowest BCUT2D eigenvalue weighted by Crippen LogP contribution is -2.04. The van der Waals surface area contributed by atoms with Gasteiger partial charge in [0.2, 0.25) is 0 Å². The van der Waals surface area contributed by atoms with Crippen LogP contribution >= 0.6 is 0 Å². The average Bonchev–Trinajstić information content (AvgIpc) is 2.46. The molecule has 2 aromatic rings. The lowest BCUT2D eigenvalue weighted by Gasteiger charge is -2.04. The molecular weight excluding hydrogens is 199 g/mol. The van der Waals surface area contributed by atoms with E-state index in [0.29, 0.717) is 0 Å². The predicted octanol–water partition coefficient (Wildman–Crippen LogP) is 2.14. The summed E-state index contributed by atoms with van der Waals surface area (Å²) in [7, 11) is 0. The molecule has 6 heteroatoms. The molecule has 2 rings (SSSR count). The maximum absolute atomic E-state index is 12.2. The number of halogens is 3. The molecule has 0 spiro atoms. The zero-order valence-electron chi connectivity index (χ0n) is 6.68. The fraction of sp³-hybridized carbons (Fsp3) is 0.125. The molecule has 0 amide bonds. The first kappa shape index (κ1) is 8.86. The summed E-state index contributed by atoms with van der Waals surface area (Å²) in [6, 6.07) is 2.76. The van der Waals surface area contributed by atoms with Gasteiger partial charge in [-0.3, -0.25) is 0 Å². The molecule has 0 bridgehead atoms. The maximum atomic E-state index is 12.2. The molecule has 1 heterocycles. The minimum absolute atomic E-state index is 0.0461. The van der Waals surface area contributed by atoms with Crippen molar-refractivity contribution >= 4 is 10.9 Å². The van der Waals surface area contributed by atoms with Crippen LogP contribution in [0.25, 0.3) is 10.9 Å². The van der Waals surface area contributed by atoms with Gasteiger partial charge in [0.05, 0.1) is 16.5 Å². The van der Waals surface area contributed by atoms with Crippen molar-refractivity contribution in [1.29, 1.82) is 0 Å². The van der Waals surface area contributed by atoms with Crippen LogP contribution in [0.4, 0.5) is 13.2 Å². The number of hydrogen-bond acceptors (Lipinski definition) is 2. The second-order valence-corrected chi connectivity index (χ2v) is 2.75. The number of rotatable bonds is 0. The van der Waals surface area contributed by atoms with Gasteiger partial charge in [-0.2, -0.15) is 13.2 Å². The molecule has 74 valence electrons. The summed E-state index contributed by atoms with van der Waals surface area (Å²) >= 11 is 0. The van der Waals surface area contributed by atoms with E-state index in [2.05, 4.69) is 9.68 Å². The Labute approximate surface area is 75.1 Å². The second kappa shape index (κ2) is 2.63. The number of nitrogens with one attached hydrogen (secondary N) is 1. The van der Waals surface area contributed by atoms with Crippen LogP contribution in [0.5, 0.6) is 0 Å². The Morgan fingerprint density at radius 2 is 2.00 bits per heavy atom.